The number of carbonyl (C=O) groups excluding carboxylic acids is 1. The number of nitrogens with zero attached hydrogens (tertiary/aromatic N) is 2. The SMILES string of the molecule is COc1ccc(NC(=O)N=Cc2c(O)n(-c3ccc(OC)cc3)c(=O)[nH]c2=O)cc1. The van der Waals surface area contributed by atoms with Crippen LogP contribution in [-0.4, -0.2) is 41.1 Å². The number of aromatic hydroxyl groups is 1. The number of amides is 2. The molecule has 0 saturated heterocycles. The van der Waals surface area contributed by atoms with Crippen molar-refractivity contribution in [2.75, 3.05) is 19.5 Å². The topological polar surface area (TPSA) is 135 Å². The van der Waals surface area contributed by atoms with E-state index < -0.39 is 23.2 Å². The van der Waals surface area contributed by atoms with Crippen molar-refractivity contribution in [1.82, 2.24) is 9.55 Å². The number of aromatic amines is 1. The molecule has 3 rings (SSSR count). The first-order chi connectivity index (χ1) is 14.4. The monoisotopic (exact) mass is 410 g/mol. The number of anilines is 1. The molecule has 0 aliphatic rings. The van der Waals surface area contributed by atoms with Crippen molar-refractivity contribution in [2.24, 2.45) is 4.99 Å². The van der Waals surface area contributed by atoms with Crippen molar-refractivity contribution >= 4 is 17.9 Å². The molecule has 1 heterocycles. The normalized spacial score (nSPS) is 10.7. The molecule has 1 aromatic heterocycles. The maximum absolute atomic E-state index is 12.2. The predicted octanol–water partition coefficient (Wildman–Crippen LogP) is 1.90. The molecule has 3 N–H and O–H groups in total. The van der Waals surface area contributed by atoms with E-state index >= 15 is 0 Å². The molecule has 0 radical (unpaired) electrons. The molecular formula is C20H18N4O6. The van der Waals surface area contributed by atoms with E-state index in [9.17, 15) is 19.5 Å². The van der Waals surface area contributed by atoms with Crippen LogP contribution in [0.1, 0.15) is 5.56 Å². The zero-order chi connectivity index (χ0) is 21.7. The second kappa shape index (κ2) is 8.78. The maximum Gasteiger partial charge on any atom is 0.345 e. The Morgan fingerprint density at radius 2 is 1.60 bits per heavy atom. The van der Waals surface area contributed by atoms with Crippen LogP contribution in [0.2, 0.25) is 0 Å². The second-order valence-electron chi connectivity index (χ2n) is 5.95. The van der Waals surface area contributed by atoms with E-state index in [0.29, 0.717) is 17.2 Å². The molecule has 3 aromatic rings. The van der Waals surface area contributed by atoms with Gasteiger partial charge in [-0.3, -0.25) is 9.78 Å². The number of urea groups is 1. The van der Waals surface area contributed by atoms with E-state index in [1.54, 1.807) is 36.4 Å². The van der Waals surface area contributed by atoms with Crippen molar-refractivity contribution < 1.29 is 19.4 Å². The third-order valence-corrected chi connectivity index (χ3v) is 4.10. The van der Waals surface area contributed by atoms with Crippen LogP contribution in [0.4, 0.5) is 10.5 Å². The molecule has 0 saturated carbocycles. The van der Waals surface area contributed by atoms with E-state index in [1.807, 2.05) is 0 Å². The van der Waals surface area contributed by atoms with E-state index in [-0.39, 0.29) is 11.3 Å². The van der Waals surface area contributed by atoms with Crippen LogP contribution >= 0.6 is 0 Å². The van der Waals surface area contributed by atoms with Gasteiger partial charge in [-0.1, -0.05) is 0 Å². The fraction of sp³-hybridized carbons (Fsp3) is 0.100. The summed E-state index contributed by atoms with van der Waals surface area (Å²) in [7, 11) is 3.01. The van der Waals surface area contributed by atoms with Crippen LogP contribution in [0, 0.1) is 0 Å². The third-order valence-electron chi connectivity index (χ3n) is 4.10. The number of hydrogen-bond donors (Lipinski definition) is 3. The maximum atomic E-state index is 12.2. The Bertz CT molecular complexity index is 1190. The highest BCUT2D eigenvalue weighted by atomic mass is 16.5. The number of benzene rings is 2. The minimum atomic E-state index is -0.886. The molecule has 0 bridgehead atoms. The molecule has 0 fully saturated rings. The molecule has 0 unspecified atom stereocenters. The number of H-pyrrole nitrogens is 1. The molecule has 10 nitrogen and oxygen atoms in total. The summed E-state index contributed by atoms with van der Waals surface area (Å²) in [5.74, 6) is 0.511. The number of carbonyl (C=O) groups is 1. The Morgan fingerprint density at radius 3 is 2.17 bits per heavy atom. The zero-order valence-corrected chi connectivity index (χ0v) is 16.1. The summed E-state index contributed by atoms with van der Waals surface area (Å²) in [6.07, 6.45) is 0.881. The van der Waals surface area contributed by atoms with Crippen molar-refractivity contribution in [3.05, 3.63) is 74.9 Å². The number of ether oxygens (including phenoxy) is 2. The first-order valence-electron chi connectivity index (χ1n) is 8.64. The Hall–Kier alpha value is -4.34. The van der Waals surface area contributed by atoms with Gasteiger partial charge in [-0.25, -0.2) is 19.1 Å². The molecule has 0 aliphatic carbocycles. The number of aromatic nitrogens is 2. The third kappa shape index (κ3) is 4.38. The molecule has 0 spiro atoms. The number of aliphatic imine (C=N–C) groups is 1. The van der Waals surface area contributed by atoms with Gasteiger partial charge in [0.05, 0.1) is 26.1 Å². The lowest BCUT2D eigenvalue weighted by Gasteiger charge is -2.10. The Morgan fingerprint density at radius 1 is 1.03 bits per heavy atom. The van der Waals surface area contributed by atoms with Crippen LogP contribution < -0.4 is 26.0 Å². The molecule has 10 heteroatoms. The van der Waals surface area contributed by atoms with E-state index in [1.165, 1.54) is 26.4 Å². The molecule has 2 aromatic carbocycles. The van der Waals surface area contributed by atoms with Gasteiger partial charge < -0.3 is 19.9 Å². The van der Waals surface area contributed by atoms with Gasteiger partial charge in [0, 0.05) is 5.69 Å². The first kappa shape index (κ1) is 20.4. The van der Waals surface area contributed by atoms with Crippen molar-refractivity contribution in [1.29, 1.82) is 0 Å². The summed E-state index contributed by atoms with van der Waals surface area (Å²) in [6.45, 7) is 0. The van der Waals surface area contributed by atoms with Crippen molar-refractivity contribution in [2.45, 2.75) is 0 Å². The zero-order valence-electron chi connectivity index (χ0n) is 16.1. The van der Waals surface area contributed by atoms with Gasteiger partial charge in [-0.05, 0) is 48.5 Å². The van der Waals surface area contributed by atoms with Gasteiger partial charge in [0.2, 0.25) is 5.88 Å². The fourth-order valence-corrected chi connectivity index (χ4v) is 2.58. The minimum absolute atomic E-state index is 0.284. The lowest BCUT2D eigenvalue weighted by atomic mass is 10.2. The van der Waals surface area contributed by atoms with E-state index in [4.69, 9.17) is 9.47 Å². The predicted molar refractivity (Wildman–Crippen MR) is 110 cm³/mol. The first-order valence-corrected chi connectivity index (χ1v) is 8.64. The summed E-state index contributed by atoms with van der Waals surface area (Å²) >= 11 is 0. The Balaban J connectivity index is 1.88. The molecule has 0 aliphatic heterocycles. The minimum Gasteiger partial charge on any atom is -0.497 e. The summed E-state index contributed by atoms with van der Waals surface area (Å²) in [5, 5.41) is 13.0. The summed E-state index contributed by atoms with van der Waals surface area (Å²) in [5.41, 5.74) is -1.34. The Labute approximate surface area is 170 Å². The Kier molecular flexibility index (Phi) is 5.97. The smallest absolute Gasteiger partial charge is 0.345 e. The van der Waals surface area contributed by atoms with Gasteiger partial charge in [0.1, 0.15) is 17.1 Å². The van der Waals surface area contributed by atoms with Crippen molar-refractivity contribution in [3.63, 3.8) is 0 Å². The van der Waals surface area contributed by atoms with Gasteiger partial charge >= 0.3 is 11.7 Å². The van der Waals surface area contributed by atoms with Gasteiger partial charge in [0.15, 0.2) is 0 Å². The molecular weight excluding hydrogens is 392 g/mol. The van der Waals surface area contributed by atoms with Crippen LogP contribution in [-0.2, 0) is 0 Å². The lowest BCUT2D eigenvalue weighted by molar-refractivity contribution is 0.259. The largest absolute Gasteiger partial charge is 0.497 e. The summed E-state index contributed by atoms with van der Waals surface area (Å²) in [4.78, 5) is 42.0. The lowest BCUT2D eigenvalue weighted by Crippen LogP contribution is -2.31. The number of nitrogens with one attached hydrogen (secondary N) is 2. The van der Waals surface area contributed by atoms with Gasteiger partial charge in [-0.15, -0.1) is 0 Å². The van der Waals surface area contributed by atoms with E-state index in [0.717, 1.165) is 10.8 Å². The highest BCUT2D eigenvalue weighted by molar-refractivity contribution is 5.98. The number of rotatable bonds is 5. The van der Waals surface area contributed by atoms with Crippen molar-refractivity contribution in [3.8, 4) is 23.1 Å². The van der Waals surface area contributed by atoms with Crippen LogP contribution in [0.15, 0.2) is 63.1 Å². The van der Waals surface area contributed by atoms with Gasteiger partial charge in [-0.2, -0.15) is 0 Å². The second-order valence-corrected chi connectivity index (χ2v) is 5.95. The fourth-order valence-electron chi connectivity index (χ4n) is 2.58. The number of hydrogen-bond acceptors (Lipinski definition) is 6. The molecule has 0 atom stereocenters. The quantitative estimate of drug-likeness (QED) is 0.550. The summed E-state index contributed by atoms with van der Waals surface area (Å²) in [6, 6.07) is 12.0. The molecule has 154 valence electrons. The van der Waals surface area contributed by atoms with Crippen LogP contribution in [0.5, 0.6) is 17.4 Å². The summed E-state index contributed by atoms with van der Waals surface area (Å²) < 4.78 is 11.0. The van der Waals surface area contributed by atoms with Crippen LogP contribution in [0.3, 0.4) is 0 Å². The molecule has 2 amide bonds. The molecule has 30 heavy (non-hydrogen) atoms. The van der Waals surface area contributed by atoms with Crippen LogP contribution in [0.25, 0.3) is 5.69 Å². The highest BCUT2D eigenvalue weighted by Crippen LogP contribution is 2.19. The van der Waals surface area contributed by atoms with Gasteiger partial charge in [0.25, 0.3) is 5.56 Å². The standard InChI is InChI=1S/C20H18N4O6/c1-29-14-7-3-12(4-8-14)22-19(27)21-11-16-17(25)23-20(28)24(18(16)26)13-5-9-15(30-2)10-6-13/h3-11,26H,1-2H3,(H,22,27)(H,23,25,28). The highest BCUT2D eigenvalue weighted by Gasteiger charge is 2.14. The van der Waals surface area contributed by atoms with E-state index in [2.05, 4.69) is 15.3 Å². The average Bonchev–Trinajstić information content (AvgIpc) is 2.74. The average molecular weight is 410 g/mol. The number of methoxy groups -OCH3 is 2.